The van der Waals surface area contributed by atoms with Gasteiger partial charge in [0.05, 0.1) is 51.5 Å². The van der Waals surface area contributed by atoms with Crippen LogP contribution in [0.2, 0.25) is 0 Å². The van der Waals surface area contributed by atoms with E-state index in [9.17, 15) is 12.8 Å². The number of sulfone groups is 1. The van der Waals surface area contributed by atoms with Crippen molar-refractivity contribution in [3.05, 3.63) is 87.3 Å². The third-order valence-electron chi connectivity index (χ3n) is 6.25. The number of anilines is 2. The number of nitrogens with zero attached hydrogens (tertiary/aromatic N) is 4. The number of nitrogens with one attached hydrogen (secondary N) is 1. The van der Waals surface area contributed by atoms with Crippen LogP contribution in [0.3, 0.4) is 0 Å². The minimum absolute atomic E-state index is 0.0253. The highest BCUT2D eigenvalue weighted by Crippen LogP contribution is 2.32. The number of rotatable bonds is 13. The Hall–Kier alpha value is -3.52. The molecule has 42 heavy (non-hydrogen) atoms. The molecule has 0 atom stereocenters. The van der Waals surface area contributed by atoms with Gasteiger partial charge in [0.25, 0.3) is 0 Å². The second-order valence-electron chi connectivity index (χ2n) is 9.22. The van der Waals surface area contributed by atoms with E-state index in [1.54, 1.807) is 19.2 Å². The van der Waals surface area contributed by atoms with E-state index in [0.717, 1.165) is 31.8 Å². The Bertz CT molecular complexity index is 1800. The van der Waals surface area contributed by atoms with E-state index in [1.807, 2.05) is 35.7 Å². The molecule has 0 saturated carbocycles. The summed E-state index contributed by atoms with van der Waals surface area (Å²) in [4.78, 5) is 18.0. The fourth-order valence-electron chi connectivity index (χ4n) is 3.95. The lowest BCUT2D eigenvalue weighted by atomic mass is 10.2. The Morgan fingerprint density at radius 3 is 2.74 bits per heavy atom. The zero-order valence-corrected chi connectivity index (χ0v) is 25.8. The van der Waals surface area contributed by atoms with Gasteiger partial charge in [0.15, 0.2) is 9.84 Å². The zero-order chi connectivity index (χ0) is 29.5. The zero-order valence-electron chi connectivity index (χ0n) is 22.6. The molecule has 9 nitrogen and oxygen atoms in total. The van der Waals surface area contributed by atoms with Gasteiger partial charge in [-0.25, -0.2) is 27.8 Å². The highest BCUT2D eigenvalue weighted by atomic mass is 79.9. The Kier molecular flexibility index (Phi) is 9.73. The van der Waals surface area contributed by atoms with Crippen molar-refractivity contribution in [2.75, 3.05) is 30.0 Å². The van der Waals surface area contributed by atoms with Crippen LogP contribution in [-0.2, 0) is 27.6 Å². The molecular weight excluding hydrogens is 645 g/mol. The fourth-order valence-corrected chi connectivity index (χ4v) is 5.88. The van der Waals surface area contributed by atoms with Crippen molar-refractivity contribution in [3.8, 4) is 17.1 Å². The first-order valence-electron chi connectivity index (χ1n) is 13.1. The molecule has 0 aliphatic carbocycles. The van der Waals surface area contributed by atoms with Gasteiger partial charge in [-0.1, -0.05) is 19.1 Å². The highest BCUT2D eigenvalue weighted by molar-refractivity contribution is 9.10. The van der Waals surface area contributed by atoms with Crippen molar-refractivity contribution in [2.45, 2.75) is 20.0 Å². The average molecular weight is 673 g/mol. The topological polar surface area (TPSA) is 116 Å². The lowest BCUT2D eigenvalue weighted by Gasteiger charge is -2.12. The summed E-state index contributed by atoms with van der Waals surface area (Å²) in [5.41, 5.74) is 3.60. The van der Waals surface area contributed by atoms with Crippen molar-refractivity contribution in [2.24, 2.45) is 0 Å². The van der Waals surface area contributed by atoms with Gasteiger partial charge in [0.1, 0.15) is 30.3 Å². The Morgan fingerprint density at radius 1 is 1.05 bits per heavy atom. The summed E-state index contributed by atoms with van der Waals surface area (Å²) in [7, 11) is -3.04. The van der Waals surface area contributed by atoms with Crippen LogP contribution >= 0.6 is 27.3 Å². The van der Waals surface area contributed by atoms with Crippen molar-refractivity contribution in [3.63, 3.8) is 0 Å². The quantitative estimate of drug-likeness (QED) is 0.143. The molecule has 0 radical (unpaired) electrons. The molecule has 5 aromatic rings. The summed E-state index contributed by atoms with van der Waals surface area (Å²) < 4.78 is 48.7. The maximum Gasteiger partial charge on any atom is 0.152 e. The summed E-state index contributed by atoms with van der Waals surface area (Å²) in [6.45, 7) is 2.44. The lowest BCUT2D eigenvalue weighted by Crippen LogP contribution is -2.14. The number of hydrogen-bond donors (Lipinski definition) is 1. The summed E-state index contributed by atoms with van der Waals surface area (Å²) in [6.07, 6.45) is 3.74. The molecule has 0 unspecified atom stereocenters. The first-order chi connectivity index (χ1) is 20.3. The van der Waals surface area contributed by atoms with Crippen LogP contribution in [0.4, 0.5) is 15.9 Å². The maximum absolute atomic E-state index is 13.5. The summed E-state index contributed by atoms with van der Waals surface area (Å²) >= 11 is 5.06. The van der Waals surface area contributed by atoms with Gasteiger partial charge in [-0.3, -0.25) is 4.98 Å². The molecule has 1 N–H and O–H groups in total. The van der Waals surface area contributed by atoms with Crippen LogP contribution in [0.1, 0.15) is 17.5 Å². The second kappa shape index (κ2) is 13.6. The molecule has 13 heteroatoms. The van der Waals surface area contributed by atoms with Crippen molar-refractivity contribution in [1.82, 2.24) is 19.9 Å². The first-order valence-corrected chi connectivity index (χ1v) is 16.6. The third-order valence-corrected chi connectivity index (χ3v) is 9.45. The molecule has 0 amide bonds. The number of benzene rings is 2. The smallest absolute Gasteiger partial charge is 0.152 e. The molecule has 3 aromatic heterocycles. The minimum Gasteiger partial charge on any atom is -0.488 e. The van der Waals surface area contributed by atoms with Gasteiger partial charge >= 0.3 is 0 Å². The minimum atomic E-state index is -3.04. The molecule has 0 aliphatic rings. The molecule has 0 spiro atoms. The van der Waals surface area contributed by atoms with E-state index in [-0.39, 0.29) is 30.5 Å². The molecular formula is C29H27BrFN5O4S2. The highest BCUT2D eigenvalue weighted by Gasteiger charge is 2.12. The summed E-state index contributed by atoms with van der Waals surface area (Å²) in [6, 6.07) is 13.8. The van der Waals surface area contributed by atoms with Gasteiger partial charge in [-0.15, -0.1) is 11.3 Å². The molecule has 0 bridgehead atoms. The second-order valence-corrected chi connectivity index (χ2v) is 13.5. The summed E-state index contributed by atoms with van der Waals surface area (Å²) in [5, 5.41) is 6.93. The average Bonchev–Trinajstić information content (AvgIpc) is 3.45. The van der Waals surface area contributed by atoms with E-state index >= 15 is 0 Å². The fraction of sp³-hybridized carbons (Fsp3) is 0.241. The standard InChI is InChI=1S/C29H27BrFN5O4S2/c1-2-42(37,38)11-10-39-9-8-28-36-26(17-41-28)24-14-22-25(15-32-24)33-18-34-29(22)35-21-6-7-27(23(30)13-21)40-16-19-4-3-5-20(31)12-19/h3-7,12-15,17-18H,2,8-11,16H2,1H3,(H,33,34,35). The third kappa shape index (κ3) is 7.85. The van der Waals surface area contributed by atoms with Gasteiger partial charge in [0, 0.05) is 28.6 Å². The molecule has 218 valence electrons. The molecule has 0 fully saturated rings. The van der Waals surface area contributed by atoms with Crippen LogP contribution < -0.4 is 10.1 Å². The largest absolute Gasteiger partial charge is 0.488 e. The lowest BCUT2D eigenvalue weighted by molar-refractivity contribution is 0.152. The van der Waals surface area contributed by atoms with Crippen molar-refractivity contribution in [1.29, 1.82) is 0 Å². The SMILES string of the molecule is CCS(=O)(=O)CCOCCc1nc(-c2cc3c(Nc4ccc(OCc5cccc(F)c5)c(Br)c4)ncnc3cn2)cs1. The number of thiazole rings is 1. The van der Waals surface area contributed by atoms with Crippen LogP contribution in [0.5, 0.6) is 5.75 Å². The maximum atomic E-state index is 13.5. The Labute approximate surface area is 255 Å². The number of hydrogen-bond acceptors (Lipinski definition) is 10. The van der Waals surface area contributed by atoms with E-state index in [4.69, 9.17) is 9.47 Å². The van der Waals surface area contributed by atoms with E-state index in [2.05, 4.69) is 41.2 Å². The predicted molar refractivity (Wildman–Crippen MR) is 165 cm³/mol. The van der Waals surface area contributed by atoms with Crippen LogP contribution in [0, 0.1) is 5.82 Å². The molecule has 3 heterocycles. The van der Waals surface area contributed by atoms with Crippen molar-refractivity contribution >= 4 is 59.5 Å². The molecule has 0 aliphatic heterocycles. The molecule has 0 saturated heterocycles. The number of fused-ring (bicyclic) bond motifs is 1. The number of aromatic nitrogens is 4. The van der Waals surface area contributed by atoms with E-state index in [1.165, 1.54) is 29.8 Å². The van der Waals surface area contributed by atoms with Crippen molar-refractivity contribution < 1.29 is 22.3 Å². The van der Waals surface area contributed by atoms with Crippen LogP contribution in [0.25, 0.3) is 22.3 Å². The molecule has 2 aromatic carbocycles. The normalized spacial score (nSPS) is 11.6. The monoisotopic (exact) mass is 671 g/mol. The van der Waals surface area contributed by atoms with E-state index < -0.39 is 9.84 Å². The number of ether oxygens (including phenoxy) is 2. The first kappa shape index (κ1) is 30.0. The molecule has 5 rings (SSSR count). The van der Waals surface area contributed by atoms with Crippen LogP contribution in [0.15, 0.2) is 70.9 Å². The van der Waals surface area contributed by atoms with Gasteiger partial charge in [-0.05, 0) is 57.9 Å². The Balaban J connectivity index is 1.25. The van der Waals surface area contributed by atoms with Crippen LogP contribution in [-0.4, -0.2) is 53.1 Å². The predicted octanol–water partition coefficient (Wildman–Crippen LogP) is 6.37. The number of pyridine rings is 1. The van der Waals surface area contributed by atoms with Gasteiger partial charge in [0.2, 0.25) is 0 Å². The Morgan fingerprint density at radius 2 is 1.93 bits per heavy atom. The summed E-state index contributed by atoms with van der Waals surface area (Å²) in [5.74, 6) is 1.07. The van der Waals surface area contributed by atoms with Gasteiger partial charge in [-0.2, -0.15) is 0 Å². The van der Waals surface area contributed by atoms with Gasteiger partial charge < -0.3 is 14.8 Å². The number of halogens is 2. The van der Waals surface area contributed by atoms with E-state index in [0.29, 0.717) is 35.8 Å².